The third-order valence-corrected chi connectivity index (χ3v) is 5.24. The van der Waals surface area contributed by atoms with Crippen molar-refractivity contribution in [3.63, 3.8) is 0 Å². The maximum Gasteiger partial charge on any atom is 0.227 e. The van der Waals surface area contributed by atoms with E-state index in [9.17, 15) is 4.79 Å². The smallest absolute Gasteiger partial charge is 0.227 e. The van der Waals surface area contributed by atoms with E-state index in [1.54, 1.807) is 21.3 Å². The van der Waals surface area contributed by atoms with Crippen LogP contribution in [-0.4, -0.2) is 69.3 Å². The summed E-state index contributed by atoms with van der Waals surface area (Å²) in [4.78, 5) is 17.4. The molecule has 138 valence electrons. The molecule has 0 N–H and O–H groups in total. The normalized spacial score (nSPS) is 20.8. The first kappa shape index (κ1) is 17.9. The minimum atomic E-state index is 0.169. The van der Waals surface area contributed by atoms with Crippen LogP contribution < -0.4 is 14.2 Å². The van der Waals surface area contributed by atoms with E-state index in [2.05, 4.69) is 4.90 Å². The van der Waals surface area contributed by atoms with Gasteiger partial charge in [0.25, 0.3) is 0 Å². The van der Waals surface area contributed by atoms with Gasteiger partial charge >= 0.3 is 0 Å². The van der Waals surface area contributed by atoms with Crippen LogP contribution >= 0.6 is 0 Å². The molecule has 0 spiro atoms. The number of methoxy groups -OCH3 is 3. The Balaban J connectivity index is 1.73. The van der Waals surface area contributed by atoms with Crippen LogP contribution in [0.25, 0.3) is 0 Å². The molecular weight excluding hydrogens is 320 g/mol. The summed E-state index contributed by atoms with van der Waals surface area (Å²) in [5, 5.41) is 0. The van der Waals surface area contributed by atoms with Gasteiger partial charge in [0.1, 0.15) is 0 Å². The van der Waals surface area contributed by atoms with Crippen LogP contribution in [0, 0.1) is 0 Å². The fourth-order valence-electron chi connectivity index (χ4n) is 3.96. The van der Waals surface area contributed by atoms with Crippen LogP contribution in [0.1, 0.15) is 24.8 Å². The van der Waals surface area contributed by atoms with Crippen molar-refractivity contribution < 1.29 is 19.0 Å². The summed E-state index contributed by atoms with van der Waals surface area (Å²) in [7, 11) is 4.76. The second-order valence-corrected chi connectivity index (χ2v) is 6.74. The van der Waals surface area contributed by atoms with Gasteiger partial charge in [0.15, 0.2) is 11.5 Å². The number of hydrogen-bond acceptors (Lipinski definition) is 5. The molecule has 0 radical (unpaired) electrons. The van der Waals surface area contributed by atoms with Gasteiger partial charge in [0.05, 0.1) is 27.8 Å². The molecule has 0 aliphatic carbocycles. The van der Waals surface area contributed by atoms with Crippen molar-refractivity contribution in [2.24, 2.45) is 0 Å². The lowest BCUT2D eigenvalue weighted by Gasteiger charge is -2.26. The number of rotatable bonds is 5. The minimum Gasteiger partial charge on any atom is -0.493 e. The molecule has 2 fully saturated rings. The molecule has 1 atom stereocenters. The maximum atomic E-state index is 12.9. The first-order chi connectivity index (χ1) is 12.2. The Hall–Kier alpha value is -1.95. The van der Waals surface area contributed by atoms with Crippen LogP contribution in [-0.2, 0) is 11.2 Å². The summed E-state index contributed by atoms with van der Waals surface area (Å²) in [6, 6.07) is 4.25. The molecule has 0 saturated carbocycles. The predicted octanol–water partition coefficient (Wildman–Crippen LogP) is 1.95. The Morgan fingerprint density at radius 1 is 1.04 bits per heavy atom. The number of nitrogens with zero attached hydrogens (tertiary/aromatic N) is 2. The van der Waals surface area contributed by atoms with Crippen molar-refractivity contribution >= 4 is 5.91 Å². The van der Waals surface area contributed by atoms with Gasteiger partial charge in [-0.2, -0.15) is 0 Å². The lowest BCUT2D eigenvalue weighted by atomic mass is 10.1. The van der Waals surface area contributed by atoms with E-state index in [4.69, 9.17) is 14.2 Å². The van der Waals surface area contributed by atoms with Crippen molar-refractivity contribution in [3.8, 4) is 17.2 Å². The second-order valence-electron chi connectivity index (χ2n) is 6.74. The van der Waals surface area contributed by atoms with Gasteiger partial charge in [-0.3, -0.25) is 9.69 Å². The molecule has 6 heteroatoms. The van der Waals surface area contributed by atoms with Crippen molar-refractivity contribution in [1.82, 2.24) is 9.80 Å². The highest BCUT2D eigenvalue weighted by atomic mass is 16.5. The van der Waals surface area contributed by atoms with E-state index in [1.165, 1.54) is 19.4 Å². The molecule has 2 aliphatic rings. The Morgan fingerprint density at radius 2 is 1.72 bits per heavy atom. The Labute approximate surface area is 149 Å². The van der Waals surface area contributed by atoms with Gasteiger partial charge in [-0.25, -0.2) is 0 Å². The molecule has 25 heavy (non-hydrogen) atoms. The van der Waals surface area contributed by atoms with Gasteiger partial charge in [0.2, 0.25) is 11.7 Å². The fourth-order valence-corrected chi connectivity index (χ4v) is 3.96. The van der Waals surface area contributed by atoms with Gasteiger partial charge in [0, 0.05) is 25.7 Å². The summed E-state index contributed by atoms with van der Waals surface area (Å²) in [5.74, 6) is 1.89. The Bertz CT molecular complexity index is 594. The van der Waals surface area contributed by atoms with E-state index in [0.29, 0.717) is 29.7 Å². The zero-order chi connectivity index (χ0) is 17.8. The SMILES string of the molecule is COc1cc(CC(=O)N2CCCN3CCC[C@H]3C2)cc(OC)c1OC. The predicted molar refractivity (Wildman–Crippen MR) is 95.6 cm³/mol. The van der Waals surface area contributed by atoms with Crippen molar-refractivity contribution in [2.45, 2.75) is 31.7 Å². The molecule has 2 saturated heterocycles. The minimum absolute atomic E-state index is 0.169. The monoisotopic (exact) mass is 348 g/mol. The van der Waals surface area contributed by atoms with Crippen LogP contribution in [0.2, 0.25) is 0 Å². The second kappa shape index (κ2) is 7.95. The van der Waals surface area contributed by atoms with E-state index in [-0.39, 0.29) is 5.91 Å². The Morgan fingerprint density at radius 3 is 2.36 bits per heavy atom. The molecule has 0 unspecified atom stereocenters. The van der Waals surface area contributed by atoms with E-state index in [1.807, 2.05) is 17.0 Å². The number of hydrogen-bond donors (Lipinski definition) is 0. The van der Waals surface area contributed by atoms with Gasteiger partial charge in [-0.05, 0) is 43.5 Å². The number of carbonyl (C=O) groups excluding carboxylic acids is 1. The number of amides is 1. The Kier molecular flexibility index (Phi) is 5.68. The lowest BCUT2D eigenvalue weighted by Crippen LogP contribution is -2.40. The van der Waals surface area contributed by atoms with E-state index < -0.39 is 0 Å². The highest BCUT2D eigenvalue weighted by molar-refractivity contribution is 5.79. The third-order valence-electron chi connectivity index (χ3n) is 5.24. The zero-order valence-corrected chi connectivity index (χ0v) is 15.4. The summed E-state index contributed by atoms with van der Waals surface area (Å²) >= 11 is 0. The van der Waals surface area contributed by atoms with Crippen molar-refractivity contribution in [1.29, 1.82) is 0 Å². The molecule has 3 rings (SSSR count). The van der Waals surface area contributed by atoms with Gasteiger partial charge < -0.3 is 19.1 Å². The molecular formula is C19H28N2O4. The molecule has 0 bridgehead atoms. The standard InChI is InChI=1S/C19H28N2O4/c1-23-16-10-14(11-17(24-2)19(16)25-3)12-18(22)21-9-5-8-20-7-4-6-15(20)13-21/h10-11,15H,4-9,12-13H2,1-3H3/t15-/m0/s1. The highest BCUT2D eigenvalue weighted by Crippen LogP contribution is 2.38. The maximum absolute atomic E-state index is 12.9. The average Bonchev–Trinajstić information content (AvgIpc) is 2.97. The average molecular weight is 348 g/mol. The van der Waals surface area contributed by atoms with Crippen LogP contribution in [0.5, 0.6) is 17.2 Å². The molecule has 2 aliphatic heterocycles. The quantitative estimate of drug-likeness (QED) is 0.814. The number of ether oxygens (including phenoxy) is 3. The third kappa shape index (κ3) is 3.84. The van der Waals surface area contributed by atoms with Crippen LogP contribution in [0.15, 0.2) is 12.1 Å². The first-order valence-corrected chi connectivity index (χ1v) is 8.97. The zero-order valence-electron chi connectivity index (χ0n) is 15.4. The molecule has 1 aromatic rings. The summed E-state index contributed by atoms with van der Waals surface area (Å²) in [6.45, 7) is 3.98. The largest absolute Gasteiger partial charge is 0.493 e. The van der Waals surface area contributed by atoms with Gasteiger partial charge in [-0.15, -0.1) is 0 Å². The fraction of sp³-hybridized carbons (Fsp3) is 0.632. The van der Waals surface area contributed by atoms with E-state index >= 15 is 0 Å². The molecule has 1 amide bonds. The molecule has 6 nitrogen and oxygen atoms in total. The number of carbonyl (C=O) groups is 1. The summed E-state index contributed by atoms with van der Waals surface area (Å²) in [5.41, 5.74) is 0.882. The number of benzene rings is 1. The molecule has 0 aromatic heterocycles. The van der Waals surface area contributed by atoms with Crippen LogP contribution in [0.3, 0.4) is 0 Å². The highest BCUT2D eigenvalue weighted by Gasteiger charge is 2.30. The summed E-state index contributed by atoms with van der Waals surface area (Å²) in [6.07, 6.45) is 3.86. The lowest BCUT2D eigenvalue weighted by molar-refractivity contribution is -0.130. The van der Waals surface area contributed by atoms with Crippen molar-refractivity contribution in [2.75, 3.05) is 47.5 Å². The molecule has 2 heterocycles. The first-order valence-electron chi connectivity index (χ1n) is 8.97. The van der Waals surface area contributed by atoms with Crippen LogP contribution in [0.4, 0.5) is 0 Å². The van der Waals surface area contributed by atoms with E-state index in [0.717, 1.165) is 31.6 Å². The topological polar surface area (TPSA) is 51.2 Å². The van der Waals surface area contributed by atoms with Gasteiger partial charge in [-0.1, -0.05) is 0 Å². The van der Waals surface area contributed by atoms with Crippen molar-refractivity contribution in [3.05, 3.63) is 17.7 Å². The molecule has 1 aromatic carbocycles. The summed E-state index contributed by atoms with van der Waals surface area (Å²) < 4.78 is 16.1. The number of fused-ring (bicyclic) bond motifs is 1.